The van der Waals surface area contributed by atoms with Gasteiger partial charge in [0.15, 0.2) is 11.5 Å². The molecule has 0 saturated carbocycles. The van der Waals surface area contributed by atoms with Crippen molar-refractivity contribution in [2.45, 2.75) is 13.5 Å². The highest BCUT2D eigenvalue weighted by Crippen LogP contribution is 2.15. The first-order valence-electron chi connectivity index (χ1n) is 5.67. The number of aryl methyl sites for hydroxylation is 1. The standard InChI is InChI=1S/C11H13N7/c1-8-4-10-15-16-11(18(10)7-13-8)9-5-17(3-2-12)6-14-9/h4-7H,2-3,12H2,1H3. The summed E-state index contributed by atoms with van der Waals surface area (Å²) in [4.78, 5) is 8.54. The van der Waals surface area contributed by atoms with Gasteiger partial charge in [-0.1, -0.05) is 0 Å². The fourth-order valence-corrected chi connectivity index (χ4v) is 1.81. The predicted molar refractivity (Wildman–Crippen MR) is 65.8 cm³/mol. The van der Waals surface area contributed by atoms with Gasteiger partial charge >= 0.3 is 0 Å². The lowest BCUT2D eigenvalue weighted by molar-refractivity contribution is 0.708. The molecule has 3 aromatic heterocycles. The van der Waals surface area contributed by atoms with Gasteiger partial charge in [0.05, 0.1) is 6.33 Å². The molecule has 7 nitrogen and oxygen atoms in total. The molecule has 0 spiro atoms. The Labute approximate surface area is 103 Å². The summed E-state index contributed by atoms with van der Waals surface area (Å²) in [6.07, 6.45) is 5.36. The molecule has 3 rings (SSSR count). The first-order chi connectivity index (χ1) is 8.78. The molecule has 0 bridgehead atoms. The highest BCUT2D eigenvalue weighted by Gasteiger charge is 2.10. The van der Waals surface area contributed by atoms with Crippen molar-refractivity contribution in [1.82, 2.24) is 29.1 Å². The Bertz CT molecular complexity index is 682. The van der Waals surface area contributed by atoms with Crippen LogP contribution in [0, 0.1) is 6.92 Å². The minimum absolute atomic E-state index is 0.580. The van der Waals surface area contributed by atoms with E-state index in [1.807, 2.05) is 28.2 Å². The summed E-state index contributed by atoms with van der Waals surface area (Å²) in [5, 5.41) is 8.26. The molecule has 18 heavy (non-hydrogen) atoms. The molecule has 3 heterocycles. The molecular formula is C11H13N7. The topological polar surface area (TPSA) is 86.9 Å². The lowest BCUT2D eigenvalue weighted by Crippen LogP contribution is -2.07. The van der Waals surface area contributed by atoms with E-state index in [0.29, 0.717) is 12.4 Å². The van der Waals surface area contributed by atoms with Crippen molar-refractivity contribution in [2.75, 3.05) is 6.54 Å². The third kappa shape index (κ3) is 1.74. The second-order valence-corrected chi connectivity index (χ2v) is 4.07. The van der Waals surface area contributed by atoms with Crippen molar-refractivity contribution in [3.05, 3.63) is 30.6 Å². The molecule has 0 aromatic carbocycles. The molecule has 0 atom stereocenters. The van der Waals surface area contributed by atoms with Gasteiger partial charge < -0.3 is 10.3 Å². The zero-order valence-electron chi connectivity index (χ0n) is 9.98. The normalized spacial score (nSPS) is 11.2. The minimum atomic E-state index is 0.580. The summed E-state index contributed by atoms with van der Waals surface area (Å²) < 4.78 is 3.75. The maximum Gasteiger partial charge on any atom is 0.189 e. The molecule has 0 amide bonds. The summed E-state index contributed by atoms with van der Waals surface area (Å²) in [5.74, 6) is 0.688. The summed E-state index contributed by atoms with van der Waals surface area (Å²) in [7, 11) is 0. The van der Waals surface area contributed by atoms with Crippen LogP contribution >= 0.6 is 0 Å². The van der Waals surface area contributed by atoms with Crippen molar-refractivity contribution >= 4 is 5.65 Å². The van der Waals surface area contributed by atoms with E-state index in [4.69, 9.17) is 5.73 Å². The maximum absolute atomic E-state index is 5.50. The Hall–Kier alpha value is -2.28. The number of hydrogen-bond donors (Lipinski definition) is 1. The SMILES string of the molecule is Cc1cc2nnc(-c3cn(CCN)cn3)n2cn1. The molecule has 0 saturated heterocycles. The van der Waals surface area contributed by atoms with Gasteiger partial charge in [0.1, 0.15) is 12.0 Å². The molecule has 0 aliphatic rings. The van der Waals surface area contributed by atoms with Gasteiger partial charge in [0, 0.05) is 31.0 Å². The monoisotopic (exact) mass is 243 g/mol. The van der Waals surface area contributed by atoms with Crippen molar-refractivity contribution in [3.63, 3.8) is 0 Å². The average Bonchev–Trinajstić information content (AvgIpc) is 2.95. The Kier molecular flexibility index (Phi) is 2.52. The molecule has 0 unspecified atom stereocenters. The van der Waals surface area contributed by atoms with Gasteiger partial charge in [0.25, 0.3) is 0 Å². The minimum Gasteiger partial charge on any atom is -0.335 e. The molecule has 0 radical (unpaired) electrons. The van der Waals surface area contributed by atoms with Crippen LogP contribution in [0.15, 0.2) is 24.9 Å². The highest BCUT2D eigenvalue weighted by atomic mass is 15.3. The predicted octanol–water partition coefficient (Wildman–Crippen LogP) is 0.255. The lowest BCUT2D eigenvalue weighted by atomic mass is 10.4. The smallest absolute Gasteiger partial charge is 0.189 e. The Balaban J connectivity index is 2.07. The summed E-state index contributed by atoms with van der Waals surface area (Å²) in [6, 6.07) is 1.88. The highest BCUT2D eigenvalue weighted by molar-refractivity contribution is 5.54. The quantitative estimate of drug-likeness (QED) is 0.712. The van der Waals surface area contributed by atoms with Crippen LogP contribution in [0.5, 0.6) is 0 Å². The number of nitrogens with zero attached hydrogens (tertiary/aromatic N) is 6. The Morgan fingerprint density at radius 3 is 2.94 bits per heavy atom. The molecule has 2 N–H and O–H groups in total. The van der Waals surface area contributed by atoms with E-state index < -0.39 is 0 Å². The maximum atomic E-state index is 5.50. The molecule has 3 aromatic rings. The van der Waals surface area contributed by atoms with Gasteiger partial charge in [-0.25, -0.2) is 9.97 Å². The van der Waals surface area contributed by atoms with Gasteiger partial charge in [-0.2, -0.15) is 0 Å². The molecule has 7 heteroatoms. The molecule has 92 valence electrons. The fourth-order valence-electron chi connectivity index (χ4n) is 1.81. The van der Waals surface area contributed by atoms with Gasteiger partial charge in [-0.3, -0.25) is 4.40 Å². The molecule has 0 fully saturated rings. The van der Waals surface area contributed by atoms with Gasteiger partial charge in [-0.05, 0) is 6.92 Å². The zero-order valence-corrected chi connectivity index (χ0v) is 9.98. The van der Waals surface area contributed by atoms with Crippen molar-refractivity contribution in [2.24, 2.45) is 5.73 Å². The number of rotatable bonds is 3. The second-order valence-electron chi connectivity index (χ2n) is 4.07. The van der Waals surface area contributed by atoms with Crippen LogP contribution in [0.3, 0.4) is 0 Å². The zero-order chi connectivity index (χ0) is 12.5. The summed E-state index contributed by atoms with van der Waals surface area (Å²) in [5.41, 5.74) is 7.95. The number of aromatic nitrogens is 6. The Morgan fingerprint density at radius 2 is 2.11 bits per heavy atom. The largest absolute Gasteiger partial charge is 0.335 e. The fraction of sp³-hybridized carbons (Fsp3) is 0.273. The van der Waals surface area contributed by atoms with Crippen LogP contribution < -0.4 is 5.73 Å². The number of fused-ring (bicyclic) bond motifs is 1. The van der Waals surface area contributed by atoms with E-state index in [1.165, 1.54) is 0 Å². The second kappa shape index (κ2) is 4.19. The number of imidazole rings is 1. The van der Waals surface area contributed by atoms with Gasteiger partial charge in [0.2, 0.25) is 0 Å². The third-order valence-electron chi connectivity index (χ3n) is 2.69. The van der Waals surface area contributed by atoms with Gasteiger partial charge in [-0.15, -0.1) is 10.2 Å². The van der Waals surface area contributed by atoms with E-state index in [2.05, 4.69) is 20.2 Å². The van der Waals surface area contributed by atoms with Crippen molar-refractivity contribution in [3.8, 4) is 11.5 Å². The summed E-state index contributed by atoms with van der Waals surface area (Å²) >= 11 is 0. The molecule has 0 aliphatic carbocycles. The first-order valence-corrected chi connectivity index (χ1v) is 5.67. The first kappa shape index (κ1) is 10.8. The van der Waals surface area contributed by atoms with Crippen LogP contribution in [-0.2, 0) is 6.54 Å². The van der Waals surface area contributed by atoms with E-state index in [-0.39, 0.29) is 0 Å². The number of hydrogen-bond acceptors (Lipinski definition) is 5. The number of nitrogens with two attached hydrogens (primary N) is 1. The van der Waals surface area contributed by atoms with Crippen LogP contribution in [0.25, 0.3) is 17.2 Å². The van der Waals surface area contributed by atoms with E-state index in [0.717, 1.165) is 23.6 Å². The van der Waals surface area contributed by atoms with Crippen molar-refractivity contribution < 1.29 is 0 Å². The Morgan fingerprint density at radius 1 is 1.22 bits per heavy atom. The van der Waals surface area contributed by atoms with Crippen LogP contribution in [-0.4, -0.2) is 35.7 Å². The van der Waals surface area contributed by atoms with E-state index >= 15 is 0 Å². The average molecular weight is 243 g/mol. The van der Waals surface area contributed by atoms with Crippen LogP contribution in [0.1, 0.15) is 5.69 Å². The summed E-state index contributed by atoms with van der Waals surface area (Å²) in [6.45, 7) is 3.24. The van der Waals surface area contributed by atoms with Crippen molar-refractivity contribution in [1.29, 1.82) is 0 Å². The molecular weight excluding hydrogens is 230 g/mol. The van der Waals surface area contributed by atoms with E-state index in [1.54, 1.807) is 12.7 Å². The molecule has 0 aliphatic heterocycles. The van der Waals surface area contributed by atoms with Crippen LogP contribution in [0.4, 0.5) is 0 Å². The van der Waals surface area contributed by atoms with E-state index in [9.17, 15) is 0 Å². The van der Waals surface area contributed by atoms with Crippen LogP contribution in [0.2, 0.25) is 0 Å². The lowest BCUT2D eigenvalue weighted by Gasteiger charge is -1.97. The third-order valence-corrected chi connectivity index (χ3v) is 2.69.